The van der Waals surface area contributed by atoms with Crippen molar-refractivity contribution < 1.29 is 23.8 Å². The molecule has 1 amide bonds. The number of esters is 1. The number of ether oxygens (including phenoxy) is 3. The van der Waals surface area contributed by atoms with E-state index >= 15 is 0 Å². The van der Waals surface area contributed by atoms with Crippen molar-refractivity contribution in [3.8, 4) is 11.5 Å². The summed E-state index contributed by atoms with van der Waals surface area (Å²) in [5.41, 5.74) is 2.80. The summed E-state index contributed by atoms with van der Waals surface area (Å²) in [6, 6.07) is 13.3. The molecule has 1 aliphatic rings. The highest BCUT2D eigenvalue weighted by atomic mass is 16.5. The van der Waals surface area contributed by atoms with E-state index in [1.165, 1.54) is 6.08 Å². The number of hydrogen-bond acceptors (Lipinski definition) is 5. The normalized spacial score (nSPS) is 14.9. The first-order valence-electron chi connectivity index (χ1n) is 9.67. The molecule has 0 radical (unpaired) electrons. The Labute approximate surface area is 170 Å². The van der Waals surface area contributed by atoms with Gasteiger partial charge >= 0.3 is 5.97 Å². The molecule has 152 valence electrons. The Morgan fingerprint density at radius 3 is 2.79 bits per heavy atom. The summed E-state index contributed by atoms with van der Waals surface area (Å²) in [5.74, 6) is 0.533. The predicted octanol–water partition coefficient (Wildman–Crippen LogP) is 3.28. The number of carbonyl (C=O) groups excluding carboxylic acids is 2. The molecular weight excluding hydrogens is 370 g/mol. The Kier molecular flexibility index (Phi) is 6.89. The fourth-order valence-corrected chi connectivity index (χ4v) is 3.06. The maximum atomic E-state index is 12.0. The van der Waals surface area contributed by atoms with Gasteiger partial charge in [0.15, 0.2) is 6.61 Å². The molecule has 0 saturated heterocycles. The third-order valence-electron chi connectivity index (χ3n) is 4.41. The third-order valence-corrected chi connectivity index (χ3v) is 4.41. The number of hydrogen-bond donors (Lipinski definition) is 1. The molecular formula is C23H25NO5. The molecule has 6 nitrogen and oxygen atoms in total. The van der Waals surface area contributed by atoms with Gasteiger partial charge in [-0.15, -0.1) is 0 Å². The van der Waals surface area contributed by atoms with Gasteiger partial charge in [0, 0.05) is 30.2 Å². The van der Waals surface area contributed by atoms with Crippen molar-refractivity contribution in [1.82, 2.24) is 5.32 Å². The molecule has 0 unspecified atom stereocenters. The highest BCUT2D eigenvalue weighted by Crippen LogP contribution is 2.35. The van der Waals surface area contributed by atoms with Crippen LogP contribution in [0.5, 0.6) is 11.5 Å². The summed E-state index contributed by atoms with van der Waals surface area (Å²) < 4.78 is 16.5. The SMILES string of the molecule is CCOc1cc2c(cc1/C=C/C(=O)OCC(=O)NCc1ccccc1)O[C@H](C)C2. The largest absolute Gasteiger partial charge is 0.493 e. The van der Waals surface area contributed by atoms with Crippen LogP contribution >= 0.6 is 0 Å². The fraction of sp³-hybridized carbons (Fsp3) is 0.304. The minimum absolute atomic E-state index is 0.123. The van der Waals surface area contributed by atoms with Crippen LogP contribution in [0.4, 0.5) is 0 Å². The van der Waals surface area contributed by atoms with E-state index in [4.69, 9.17) is 14.2 Å². The number of amides is 1. The van der Waals surface area contributed by atoms with Crippen LogP contribution in [-0.4, -0.2) is 31.2 Å². The first-order valence-corrected chi connectivity index (χ1v) is 9.67. The third kappa shape index (κ3) is 5.85. The van der Waals surface area contributed by atoms with Crippen molar-refractivity contribution >= 4 is 18.0 Å². The molecule has 2 aromatic rings. The molecule has 0 bridgehead atoms. The zero-order valence-corrected chi connectivity index (χ0v) is 16.6. The molecule has 1 N–H and O–H groups in total. The summed E-state index contributed by atoms with van der Waals surface area (Å²) in [5, 5.41) is 2.71. The van der Waals surface area contributed by atoms with Gasteiger partial charge in [0.1, 0.15) is 17.6 Å². The van der Waals surface area contributed by atoms with E-state index < -0.39 is 5.97 Å². The van der Waals surface area contributed by atoms with Crippen LogP contribution in [0.1, 0.15) is 30.5 Å². The lowest BCUT2D eigenvalue weighted by molar-refractivity contribution is -0.143. The van der Waals surface area contributed by atoms with E-state index in [1.807, 2.05) is 56.3 Å². The Bertz CT molecular complexity index is 892. The predicted molar refractivity (Wildman–Crippen MR) is 110 cm³/mol. The Morgan fingerprint density at radius 2 is 2.03 bits per heavy atom. The molecule has 1 heterocycles. The molecule has 1 aliphatic heterocycles. The van der Waals surface area contributed by atoms with Crippen LogP contribution in [0.15, 0.2) is 48.5 Å². The molecule has 0 fully saturated rings. The van der Waals surface area contributed by atoms with Crippen LogP contribution in [0.2, 0.25) is 0 Å². The van der Waals surface area contributed by atoms with E-state index in [0.717, 1.165) is 28.9 Å². The van der Waals surface area contributed by atoms with E-state index in [0.29, 0.717) is 18.9 Å². The molecule has 29 heavy (non-hydrogen) atoms. The number of nitrogens with one attached hydrogen (secondary N) is 1. The average Bonchev–Trinajstić information content (AvgIpc) is 3.08. The molecule has 0 saturated carbocycles. The summed E-state index contributed by atoms with van der Waals surface area (Å²) in [4.78, 5) is 23.8. The monoisotopic (exact) mass is 395 g/mol. The van der Waals surface area contributed by atoms with Gasteiger partial charge in [-0.05, 0) is 37.6 Å². The molecule has 3 rings (SSSR count). The number of fused-ring (bicyclic) bond motifs is 1. The van der Waals surface area contributed by atoms with Crippen LogP contribution in [0.25, 0.3) is 6.08 Å². The average molecular weight is 395 g/mol. The van der Waals surface area contributed by atoms with E-state index in [2.05, 4.69) is 5.32 Å². The minimum Gasteiger partial charge on any atom is -0.493 e. The van der Waals surface area contributed by atoms with E-state index in [1.54, 1.807) is 6.08 Å². The van der Waals surface area contributed by atoms with Crippen molar-refractivity contribution in [3.63, 3.8) is 0 Å². The van der Waals surface area contributed by atoms with Crippen LogP contribution in [0, 0.1) is 0 Å². The van der Waals surface area contributed by atoms with E-state index in [9.17, 15) is 9.59 Å². The van der Waals surface area contributed by atoms with Gasteiger partial charge in [0.2, 0.25) is 0 Å². The van der Waals surface area contributed by atoms with Crippen molar-refractivity contribution in [2.24, 2.45) is 0 Å². The molecule has 6 heteroatoms. The quantitative estimate of drug-likeness (QED) is 0.549. The maximum Gasteiger partial charge on any atom is 0.331 e. The van der Waals surface area contributed by atoms with Gasteiger partial charge in [0.25, 0.3) is 5.91 Å². The standard InChI is InChI=1S/C23H25NO5/c1-3-27-20-13-19-11-16(2)29-21(19)12-18(20)9-10-23(26)28-15-22(25)24-14-17-7-5-4-6-8-17/h4-10,12-13,16H,3,11,14-15H2,1-2H3,(H,24,25)/b10-9+/t16-/m1/s1. The van der Waals surface area contributed by atoms with Gasteiger partial charge in [-0.25, -0.2) is 4.79 Å². The van der Waals surface area contributed by atoms with Gasteiger partial charge in [-0.1, -0.05) is 30.3 Å². The van der Waals surface area contributed by atoms with Crippen molar-refractivity contribution in [2.45, 2.75) is 32.9 Å². The lowest BCUT2D eigenvalue weighted by Crippen LogP contribution is -2.28. The minimum atomic E-state index is -0.600. The second kappa shape index (κ2) is 9.78. The summed E-state index contributed by atoms with van der Waals surface area (Å²) >= 11 is 0. The zero-order valence-electron chi connectivity index (χ0n) is 16.6. The van der Waals surface area contributed by atoms with E-state index in [-0.39, 0.29) is 18.6 Å². The summed E-state index contributed by atoms with van der Waals surface area (Å²) in [7, 11) is 0. The number of benzene rings is 2. The summed E-state index contributed by atoms with van der Waals surface area (Å²) in [6.07, 6.45) is 3.85. The van der Waals surface area contributed by atoms with Gasteiger partial charge in [-0.3, -0.25) is 4.79 Å². The first kappa shape index (κ1) is 20.5. The Hall–Kier alpha value is -3.28. The lowest BCUT2D eigenvalue weighted by atomic mass is 10.1. The van der Waals surface area contributed by atoms with Crippen LogP contribution in [0.3, 0.4) is 0 Å². The van der Waals surface area contributed by atoms with Gasteiger partial charge in [0.05, 0.1) is 6.61 Å². The second-order valence-electron chi connectivity index (χ2n) is 6.77. The molecule has 1 atom stereocenters. The number of rotatable bonds is 8. The van der Waals surface area contributed by atoms with Crippen LogP contribution < -0.4 is 14.8 Å². The highest BCUT2D eigenvalue weighted by molar-refractivity contribution is 5.89. The van der Waals surface area contributed by atoms with Gasteiger partial charge < -0.3 is 19.5 Å². The highest BCUT2D eigenvalue weighted by Gasteiger charge is 2.21. The van der Waals surface area contributed by atoms with Crippen LogP contribution in [-0.2, 0) is 27.3 Å². The van der Waals surface area contributed by atoms with Crippen molar-refractivity contribution in [2.75, 3.05) is 13.2 Å². The smallest absolute Gasteiger partial charge is 0.331 e. The Morgan fingerprint density at radius 1 is 1.24 bits per heavy atom. The Balaban J connectivity index is 1.53. The number of carbonyl (C=O) groups is 2. The molecule has 0 aromatic heterocycles. The maximum absolute atomic E-state index is 12.0. The second-order valence-corrected chi connectivity index (χ2v) is 6.77. The first-order chi connectivity index (χ1) is 14.0. The lowest BCUT2D eigenvalue weighted by Gasteiger charge is -2.10. The van der Waals surface area contributed by atoms with Crippen molar-refractivity contribution in [1.29, 1.82) is 0 Å². The van der Waals surface area contributed by atoms with Crippen molar-refractivity contribution in [3.05, 3.63) is 65.2 Å². The fourth-order valence-electron chi connectivity index (χ4n) is 3.06. The molecule has 2 aromatic carbocycles. The van der Waals surface area contributed by atoms with Gasteiger partial charge in [-0.2, -0.15) is 0 Å². The summed E-state index contributed by atoms with van der Waals surface area (Å²) in [6.45, 7) is 4.48. The zero-order chi connectivity index (χ0) is 20.6. The molecule has 0 spiro atoms. The molecule has 0 aliphatic carbocycles. The topological polar surface area (TPSA) is 73.9 Å².